The first-order chi connectivity index (χ1) is 20.1. The predicted octanol–water partition coefficient (Wildman–Crippen LogP) is 6.76. The van der Waals surface area contributed by atoms with Crippen LogP contribution in [0.2, 0.25) is 0 Å². The number of aromatic carboxylic acids is 1. The summed E-state index contributed by atoms with van der Waals surface area (Å²) in [6.07, 6.45) is 6.56. The lowest BCUT2D eigenvalue weighted by Crippen LogP contribution is -2.48. The molecule has 0 bridgehead atoms. The lowest BCUT2D eigenvalue weighted by atomic mass is 9.81. The second kappa shape index (κ2) is 11.3. The van der Waals surface area contributed by atoms with Gasteiger partial charge in [-0.1, -0.05) is 37.5 Å². The van der Waals surface area contributed by atoms with Crippen molar-refractivity contribution in [3.05, 3.63) is 53.6 Å². The molecule has 1 saturated heterocycles. The number of carboxylic acid groups (broad SMARTS) is 1. The molecule has 0 unspecified atom stereocenters. The van der Waals surface area contributed by atoms with Crippen molar-refractivity contribution in [3.63, 3.8) is 0 Å². The molecule has 2 aromatic carbocycles. The van der Waals surface area contributed by atoms with E-state index >= 15 is 0 Å². The number of aromatic nitrogens is 1. The Morgan fingerprint density at radius 1 is 1.00 bits per heavy atom. The van der Waals surface area contributed by atoms with Crippen molar-refractivity contribution in [2.75, 3.05) is 26.7 Å². The highest BCUT2D eigenvalue weighted by Crippen LogP contribution is 2.47. The molecule has 6 rings (SSSR count). The molecule has 1 amide bonds. The van der Waals surface area contributed by atoms with E-state index in [1.165, 1.54) is 24.8 Å². The van der Waals surface area contributed by atoms with Gasteiger partial charge in [0.1, 0.15) is 18.0 Å². The minimum atomic E-state index is -0.914. The monoisotopic (exact) mass is 573 g/mol. The summed E-state index contributed by atoms with van der Waals surface area (Å²) < 4.78 is 14.6. The fraction of sp³-hybridized carbons (Fsp3) is 0.529. The SMILES string of the molecule is CN([C@H]1CCN(C(=O)OC(C)(C)C)C1)[C@H]1COc2ccccc2-c2c(C3CCCCC3)c3ccc(C(=O)O)cc3n2C1. The third kappa shape index (κ3) is 5.49. The molecule has 2 fully saturated rings. The van der Waals surface area contributed by atoms with Gasteiger partial charge in [0, 0.05) is 42.1 Å². The van der Waals surface area contributed by atoms with E-state index in [-0.39, 0.29) is 18.2 Å². The van der Waals surface area contributed by atoms with Gasteiger partial charge < -0.3 is 24.0 Å². The van der Waals surface area contributed by atoms with Crippen LogP contribution in [0.1, 0.15) is 81.1 Å². The number of ether oxygens (including phenoxy) is 2. The third-order valence-corrected chi connectivity index (χ3v) is 9.30. The number of para-hydroxylation sites is 1. The van der Waals surface area contributed by atoms with Gasteiger partial charge in [-0.3, -0.25) is 4.90 Å². The molecular weight excluding hydrogens is 530 g/mol. The Balaban J connectivity index is 1.41. The number of hydrogen-bond acceptors (Lipinski definition) is 5. The Morgan fingerprint density at radius 3 is 2.50 bits per heavy atom. The Morgan fingerprint density at radius 2 is 1.76 bits per heavy atom. The van der Waals surface area contributed by atoms with Crippen LogP contribution in [-0.4, -0.2) is 76.0 Å². The molecule has 2 atom stereocenters. The van der Waals surface area contributed by atoms with Crippen LogP contribution >= 0.6 is 0 Å². The van der Waals surface area contributed by atoms with Gasteiger partial charge in [-0.2, -0.15) is 0 Å². The van der Waals surface area contributed by atoms with Crippen molar-refractivity contribution >= 4 is 23.0 Å². The number of hydrogen-bond donors (Lipinski definition) is 1. The quantitative estimate of drug-likeness (QED) is 0.371. The zero-order valence-corrected chi connectivity index (χ0v) is 25.3. The van der Waals surface area contributed by atoms with Gasteiger partial charge in [-0.25, -0.2) is 9.59 Å². The van der Waals surface area contributed by atoms with E-state index in [0.717, 1.165) is 47.2 Å². The summed E-state index contributed by atoms with van der Waals surface area (Å²) in [7, 11) is 2.13. The van der Waals surface area contributed by atoms with E-state index < -0.39 is 11.6 Å². The van der Waals surface area contributed by atoms with Crippen LogP contribution in [0.25, 0.3) is 22.2 Å². The summed E-state index contributed by atoms with van der Waals surface area (Å²) in [6.45, 7) is 8.10. The zero-order chi connectivity index (χ0) is 29.6. The van der Waals surface area contributed by atoms with Crippen molar-refractivity contribution in [2.45, 2.75) is 89.4 Å². The summed E-state index contributed by atoms with van der Waals surface area (Å²) in [4.78, 5) is 29.0. The summed E-state index contributed by atoms with van der Waals surface area (Å²) in [5, 5.41) is 11.1. The Kier molecular flexibility index (Phi) is 7.68. The van der Waals surface area contributed by atoms with Crippen molar-refractivity contribution in [1.29, 1.82) is 0 Å². The largest absolute Gasteiger partial charge is 0.491 e. The van der Waals surface area contributed by atoms with Crippen LogP contribution in [0.4, 0.5) is 4.79 Å². The third-order valence-electron chi connectivity index (χ3n) is 9.30. The van der Waals surface area contributed by atoms with Gasteiger partial charge in [0.15, 0.2) is 0 Å². The number of amides is 1. The molecule has 3 aliphatic rings. The molecule has 8 nitrogen and oxygen atoms in total. The second-order valence-electron chi connectivity index (χ2n) is 13.2. The van der Waals surface area contributed by atoms with Crippen LogP contribution in [0, 0.1) is 0 Å². The first-order valence-electron chi connectivity index (χ1n) is 15.4. The van der Waals surface area contributed by atoms with E-state index in [2.05, 4.69) is 28.6 Å². The highest BCUT2D eigenvalue weighted by molar-refractivity contribution is 5.98. The first kappa shape index (κ1) is 28.6. The number of carboxylic acids is 1. The number of carbonyl (C=O) groups is 2. The standard InChI is InChI=1S/C34H43N3O5/c1-34(2,3)42-33(40)36-17-16-24(19-36)35(4)25-20-37-28-18-23(32(38)39)14-15-26(28)30(22-10-6-5-7-11-22)31(37)27-12-8-9-13-29(27)41-21-25/h8-9,12-15,18,22,24-25H,5-7,10-11,16-17,19-21H2,1-4H3,(H,38,39)/t24-,25+/m0/s1. The Labute approximate surface area is 248 Å². The molecular formula is C34H43N3O5. The summed E-state index contributed by atoms with van der Waals surface area (Å²) in [6, 6.07) is 14.1. The van der Waals surface area contributed by atoms with Crippen molar-refractivity contribution in [3.8, 4) is 17.0 Å². The van der Waals surface area contributed by atoms with Gasteiger partial charge in [-0.15, -0.1) is 0 Å². The van der Waals surface area contributed by atoms with Crippen molar-refractivity contribution < 1.29 is 24.2 Å². The lowest BCUT2D eigenvalue weighted by Gasteiger charge is -2.35. The fourth-order valence-corrected chi connectivity index (χ4v) is 7.14. The van der Waals surface area contributed by atoms with Crippen LogP contribution in [0.5, 0.6) is 5.75 Å². The normalized spacial score (nSPS) is 21.4. The highest BCUT2D eigenvalue weighted by Gasteiger charge is 2.37. The van der Waals surface area contributed by atoms with Crippen LogP contribution in [0.3, 0.4) is 0 Å². The smallest absolute Gasteiger partial charge is 0.410 e. The number of nitrogens with zero attached hydrogens (tertiary/aromatic N) is 3. The maximum Gasteiger partial charge on any atom is 0.410 e. The maximum absolute atomic E-state index is 12.8. The molecule has 0 spiro atoms. The molecule has 3 heterocycles. The summed E-state index contributed by atoms with van der Waals surface area (Å²) >= 11 is 0. The minimum absolute atomic E-state index is 0.0176. The number of fused-ring (bicyclic) bond motifs is 5. The molecule has 8 heteroatoms. The molecule has 2 aliphatic heterocycles. The summed E-state index contributed by atoms with van der Waals surface area (Å²) in [5.74, 6) is 0.370. The van der Waals surface area contributed by atoms with E-state index in [9.17, 15) is 14.7 Å². The molecule has 1 N–H and O–H groups in total. The van der Waals surface area contributed by atoms with Gasteiger partial charge in [0.25, 0.3) is 0 Å². The predicted molar refractivity (Wildman–Crippen MR) is 163 cm³/mol. The zero-order valence-electron chi connectivity index (χ0n) is 25.3. The fourth-order valence-electron chi connectivity index (χ4n) is 7.14. The van der Waals surface area contributed by atoms with Gasteiger partial charge in [0.05, 0.1) is 17.3 Å². The van der Waals surface area contributed by atoms with Crippen molar-refractivity contribution in [2.24, 2.45) is 0 Å². The molecule has 1 aromatic heterocycles. The molecule has 1 aliphatic carbocycles. The average molecular weight is 574 g/mol. The second-order valence-corrected chi connectivity index (χ2v) is 13.2. The number of likely N-dealkylation sites (tertiary alicyclic amines) is 1. The molecule has 3 aromatic rings. The van der Waals surface area contributed by atoms with Crippen molar-refractivity contribution in [1.82, 2.24) is 14.4 Å². The van der Waals surface area contributed by atoms with Crippen LogP contribution < -0.4 is 4.74 Å². The first-order valence-corrected chi connectivity index (χ1v) is 15.4. The van der Waals surface area contributed by atoms with Gasteiger partial charge in [0.2, 0.25) is 0 Å². The molecule has 0 radical (unpaired) electrons. The number of carbonyl (C=O) groups excluding carboxylic acids is 1. The van der Waals surface area contributed by atoms with E-state index in [1.807, 2.05) is 49.9 Å². The van der Waals surface area contributed by atoms with E-state index in [4.69, 9.17) is 9.47 Å². The Hall–Kier alpha value is -3.52. The van der Waals surface area contributed by atoms with Gasteiger partial charge >= 0.3 is 12.1 Å². The van der Waals surface area contributed by atoms with Crippen LogP contribution in [0.15, 0.2) is 42.5 Å². The lowest BCUT2D eigenvalue weighted by molar-refractivity contribution is 0.0271. The number of benzene rings is 2. The number of rotatable bonds is 4. The molecule has 224 valence electrons. The summed E-state index contributed by atoms with van der Waals surface area (Å²) in [5.41, 5.74) is 4.32. The minimum Gasteiger partial charge on any atom is -0.491 e. The Bertz CT molecular complexity index is 1480. The van der Waals surface area contributed by atoms with E-state index in [0.29, 0.717) is 37.7 Å². The molecule has 42 heavy (non-hydrogen) atoms. The topological polar surface area (TPSA) is 84.2 Å². The molecule has 1 saturated carbocycles. The van der Waals surface area contributed by atoms with E-state index in [1.54, 1.807) is 6.07 Å². The number of likely N-dealkylation sites (N-methyl/N-ethyl adjacent to an activating group) is 1. The highest BCUT2D eigenvalue weighted by atomic mass is 16.6. The van der Waals surface area contributed by atoms with Crippen LogP contribution in [-0.2, 0) is 11.3 Å². The van der Waals surface area contributed by atoms with Gasteiger partial charge in [-0.05, 0) is 82.8 Å². The average Bonchev–Trinajstić information content (AvgIpc) is 3.57. The maximum atomic E-state index is 12.8.